The summed E-state index contributed by atoms with van der Waals surface area (Å²) >= 11 is 0. The lowest BCUT2D eigenvalue weighted by Crippen LogP contribution is -2.46. The van der Waals surface area contributed by atoms with Crippen molar-refractivity contribution in [2.75, 3.05) is 26.7 Å². The second kappa shape index (κ2) is 7.44. The molecule has 1 fully saturated rings. The first-order chi connectivity index (χ1) is 12.7. The van der Waals surface area contributed by atoms with Crippen LogP contribution < -0.4 is 0 Å². The summed E-state index contributed by atoms with van der Waals surface area (Å²) in [6, 6.07) is 21.8. The second-order valence-corrected chi connectivity index (χ2v) is 7.18. The van der Waals surface area contributed by atoms with E-state index >= 15 is 0 Å². The van der Waals surface area contributed by atoms with Gasteiger partial charge in [-0.2, -0.15) is 5.10 Å². The molecule has 1 atom stereocenters. The van der Waals surface area contributed by atoms with Crippen molar-refractivity contribution in [3.63, 3.8) is 0 Å². The van der Waals surface area contributed by atoms with Gasteiger partial charge in [-0.1, -0.05) is 60.7 Å². The number of hydrogen-bond donors (Lipinski definition) is 0. The largest absolute Gasteiger partial charge is 0.297 e. The Labute approximate surface area is 155 Å². The molecular weight excluding hydrogens is 320 g/mol. The summed E-state index contributed by atoms with van der Waals surface area (Å²) in [7, 11) is 4.24. The molecule has 0 aliphatic carbocycles. The molecule has 1 aromatic heterocycles. The molecule has 1 saturated heterocycles. The lowest BCUT2D eigenvalue weighted by Gasteiger charge is -2.39. The Bertz CT molecular complexity index is 841. The van der Waals surface area contributed by atoms with Gasteiger partial charge in [0.1, 0.15) is 0 Å². The van der Waals surface area contributed by atoms with Crippen molar-refractivity contribution in [2.24, 2.45) is 7.05 Å². The molecule has 4 nitrogen and oxygen atoms in total. The molecule has 2 aromatic carbocycles. The van der Waals surface area contributed by atoms with Gasteiger partial charge >= 0.3 is 0 Å². The quantitative estimate of drug-likeness (QED) is 0.722. The minimum atomic E-state index is 0.446. The average Bonchev–Trinajstić information content (AvgIpc) is 3.05. The topological polar surface area (TPSA) is 24.3 Å². The van der Waals surface area contributed by atoms with E-state index < -0.39 is 0 Å². The van der Waals surface area contributed by atoms with Crippen LogP contribution in [0.15, 0.2) is 66.9 Å². The van der Waals surface area contributed by atoms with Gasteiger partial charge in [0.2, 0.25) is 0 Å². The number of aromatic nitrogens is 2. The fourth-order valence-corrected chi connectivity index (χ4v) is 3.84. The smallest absolute Gasteiger partial charge is 0.0968 e. The number of rotatable bonds is 4. The number of likely N-dealkylation sites (N-methyl/N-ethyl adjacent to an activating group) is 1. The van der Waals surface area contributed by atoms with Gasteiger partial charge in [0.15, 0.2) is 0 Å². The maximum Gasteiger partial charge on any atom is 0.0968 e. The van der Waals surface area contributed by atoms with Crippen LogP contribution in [0.25, 0.3) is 11.3 Å². The van der Waals surface area contributed by atoms with Crippen LogP contribution in [0, 0.1) is 0 Å². The summed E-state index contributed by atoms with van der Waals surface area (Å²) in [6.07, 6.45) is 2.16. The van der Waals surface area contributed by atoms with E-state index in [9.17, 15) is 0 Å². The monoisotopic (exact) mass is 346 g/mol. The van der Waals surface area contributed by atoms with Gasteiger partial charge in [-0.05, 0) is 12.6 Å². The first-order valence-electron chi connectivity index (χ1n) is 9.26. The average molecular weight is 346 g/mol. The van der Waals surface area contributed by atoms with Crippen LogP contribution in [0.1, 0.15) is 17.2 Å². The van der Waals surface area contributed by atoms with Crippen molar-refractivity contribution in [3.05, 3.63) is 78.0 Å². The van der Waals surface area contributed by atoms with Crippen LogP contribution in [0.4, 0.5) is 0 Å². The van der Waals surface area contributed by atoms with E-state index in [1.807, 2.05) is 11.7 Å². The zero-order valence-corrected chi connectivity index (χ0v) is 15.5. The van der Waals surface area contributed by atoms with Gasteiger partial charge in [0.25, 0.3) is 0 Å². The molecule has 0 bridgehead atoms. The second-order valence-electron chi connectivity index (χ2n) is 7.18. The fraction of sp³-hybridized carbons (Fsp3) is 0.318. The molecule has 0 spiro atoms. The molecule has 0 unspecified atom stereocenters. The number of nitrogens with zero attached hydrogens (tertiary/aromatic N) is 4. The van der Waals surface area contributed by atoms with Gasteiger partial charge in [-0.3, -0.25) is 14.5 Å². The number of aryl methyl sites for hydroxylation is 1. The molecule has 2 heterocycles. The third-order valence-electron chi connectivity index (χ3n) is 5.26. The third kappa shape index (κ3) is 3.57. The van der Waals surface area contributed by atoms with E-state index in [-0.39, 0.29) is 0 Å². The fourth-order valence-electron chi connectivity index (χ4n) is 3.84. The van der Waals surface area contributed by atoms with Gasteiger partial charge in [0, 0.05) is 56.6 Å². The minimum Gasteiger partial charge on any atom is -0.297 e. The Morgan fingerprint density at radius 3 is 2.35 bits per heavy atom. The first-order valence-corrected chi connectivity index (χ1v) is 9.26. The van der Waals surface area contributed by atoms with Crippen LogP contribution in [0.2, 0.25) is 0 Å². The van der Waals surface area contributed by atoms with Crippen LogP contribution in [-0.4, -0.2) is 46.3 Å². The molecule has 4 rings (SSSR count). The Kier molecular flexibility index (Phi) is 4.87. The zero-order valence-electron chi connectivity index (χ0n) is 15.5. The summed E-state index contributed by atoms with van der Waals surface area (Å²) in [5.74, 6) is 0. The Balaban J connectivity index is 1.55. The van der Waals surface area contributed by atoms with E-state index in [0.717, 1.165) is 31.9 Å². The molecule has 0 saturated carbocycles. The molecular formula is C22H26N4. The Morgan fingerprint density at radius 2 is 1.62 bits per heavy atom. The molecule has 0 amide bonds. The lowest BCUT2D eigenvalue weighted by molar-refractivity contribution is 0.0906. The molecule has 4 heteroatoms. The highest BCUT2D eigenvalue weighted by Gasteiger charge is 2.26. The summed E-state index contributed by atoms with van der Waals surface area (Å²) in [6.45, 7) is 4.16. The molecule has 0 N–H and O–H groups in total. The predicted octanol–water partition coefficient (Wildman–Crippen LogP) is 3.58. The third-order valence-corrected chi connectivity index (χ3v) is 5.26. The number of benzene rings is 2. The van der Waals surface area contributed by atoms with Gasteiger partial charge in [-0.25, -0.2) is 0 Å². The molecule has 134 valence electrons. The van der Waals surface area contributed by atoms with Crippen molar-refractivity contribution in [1.82, 2.24) is 19.6 Å². The highest BCUT2D eigenvalue weighted by molar-refractivity contribution is 5.62. The number of piperazine rings is 1. The molecule has 0 radical (unpaired) electrons. The van der Waals surface area contributed by atoms with Crippen molar-refractivity contribution < 1.29 is 0 Å². The summed E-state index contributed by atoms with van der Waals surface area (Å²) in [4.78, 5) is 5.02. The molecule has 26 heavy (non-hydrogen) atoms. The van der Waals surface area contributed by atoms with Crippen LogP contribution in [0.3, 0.4) is 0 Å². The highest BCUT2D eigenvalue weighted by atomic mass is 15.3. The molecule has 1 aliphatic heterocycles. The number of hydrogen-bond acceptors (Lipinski definition) is 3. The minimum absolute atomic E-state index is 0.446. The summed E-state index contributed by atoms with van der Waals surface area (Å²) < 4.78 is 1.93. The molecule has 1 aliphatic rings. The maximum absolute atomic E-state index is 4.72. The van der Waals surface area contributed by atoms with Crippen LogP contribution >= 0.6 is 0 Å². The zero-order chi connectivity index (χ0) is 17.9. The van der Waals surface area contributed by atoms with Gasteiger partial charge in [0.05, 0.1) is 5.69 Å². The van der Waals surface area contributed by atoms with Gasteiger partial charge < -0.3 is 0 Å². The first kappa shape index (κ1) is 17.0. The standard InChI is InChI=1S/C22H26N4/c1-24-13-14-26(17-21(24)18-9-5-3-6-10-18)16-20-15-25(2)23-22(20)19-11-7-4-8-12-19/h3-12,15,21H,13-14,16-17H2,1-2H3/t21-/m1/s1. The van der Waals surface area contributed by atoms with E-state index in [1.165, 1.54) is 16.7 Å². The van der Waals surface area contributed by atoms with Gasteiger partial charge in [-0.15, -0.1) is 0 Å². The SMILES string of the molecule is CN1CCN(Cc2cn(C)nc2-c2ccccc2)C[C@@H]1c1ccccc1. The van der Waals surface area contributed by atoms with E-state index in [2.05, 4.69) is 83.7 Å². The molecule has 3 aromatic rings. The Morgan fingerprint density at radius 1 is 0.923 bits per heavy atom. The lowest BCUT2D eigenvalue weighted by atomic mass is 10.0. The van der Waals surface area contributed by atoms with Crippen LogP contribution in [-0.2, 0) is 13.6 Å². The highest BCUT2D eigenvalue weighted by Crippen LogP contribution is 2.27. The van der Waals surface area contributed by atoms with Crippen molar-refractivity contribution in [3.8, 4) is 11.3 Å². The van der Waals surface area contributed by atoms with Crippen molar-refractivity contribution >= 4 is 0 Å². The normalized spacial score (nSPS) is 18.9. The van der Waals surface area contributed by atoms with E-state index in [1.54, 1.807) is 0 Å². The van der Waals surface area contributed by atoms with E-state index in [0.29, 0.717) is 6.04 Å². The maximum atomic E-state index is 4.72. The predicted molar refractivity (Wildman–Crippen MR) is 106 cm³/mol. The summed E-state index contributed by atoms with van der Waals surface area (Å²) in [5.41, 5.74) is 4.99. The van der Waals surface area contributed by atoms with Crippen molar-refractivity contribution in [1.29, 1.82) is 0 Å². The van der Waals surface area contributed by atoms with Crippen molar-refractivity contribution in [2.45, 2.75) is 12.6 Å². The van der Waals surface area contributed by atoms with E-state index in [4.69, 9.17) is 5.10 Å². The van der Waals surface area contributed by atoms with Crippen LogP contribution in [0.5, 0.6) is 0 Å². The Hall–Kier alpha value is -2.43. The summed E-state index contributed by atoms with van der Waals surface area (Å²) in [5, 5.41) is 4.72.